The van der Waals surface area contributed by atoms with Crippen molar-refractivity contribution in [3.05, 3.63) is 89.4 Å². The molecule has 6 rings (SSSR count). The average Bonchev–Trinajstić information content (AvgIpc) is 3.30. The van der Waals surface area contributed by atoms with Crippen molar-refractivity contribution >= 4 is 22.6 Å². The Morgan fingerprint density at radius 3 is 2.49 bits per heavy atom. The summed E-state index contributed by atoms with van der Waals surface area (Å²) in [7, 11) is 3.28. The molecular weight excluding hydrogens is 499 g/mol. The number of H-pyrrole nitrogens is 1. The van der Waals surface area contributed by atoms with Crippen LogP contribution in [-0.2, 0) is 12.0 Å². The number of ether oxygens (including phenoxy) is 2. The number of anilines is 1. The first-order valence-corrected chi connectivity index (χ1v) is 12.9. The molecule has 9 heteroatoms. The number of halogens is 1. The van der Waals surface area contributed by atoms with Gasteiger partial charge in [0.05, 0.1) is 26.9 Å². The molecule has 3 heterocycles. The maximum atomic E-state index is 13.7. The summed E-state index contributed by atoms with van der Waals surface area (Å²) < 4.78 is 24.4. The number of aliphatic hydroxyl groups is 1. The number of benzene rings is 3. The Balaban J connectivity index is 1.34. The first-order valence-electron chi connectivity index (χ1n) is 12.9. The van der Waals surface area contributed by atoms with E-state index in [-0.39, 0.29) is 24.1 Å². The van der Waals surface area contributed by atoms with E-state index in [0.29, 0.717) is 31.9 Å². The Hall–Kier alpha value is -4.08. The molecule has 0 unspecified atom stereocenters. The van der Waals surface area contributed by atoms with E-state index in [0.717, 1.165) is 39.2 Å². The second-order valence-electron chi connectivity index (χ2n) is 10.4. The van der Waals surface area contributed by atoms with Crippen LogP contribution in [-0.4, -0.2) is 66.4 Å². The molecule has 1 atom stereocenters. The summed E-state index contributed by atoms with van der Waals surface area (Å²) in [5, 5.41) is 14.5. The van der Waals surface area contributed by atoms with Gasteiger partial charge in [-0.15, -0.1) is 0 Å². The van der Waals surface area contributed by atoms with Crippen LogP contribution in [0.15, 0.2) is 66.7 Å². The van der Waals surface area contributed by atoms with Gasteiger partial charge in [-0.2, -0.15) is 0 Å². The third-order valence-electron chi connectivity index (χ3n) is 7.91. The van der Waals surface area contributed by atoms with Crippen molar-refractivity contribution in [2.75, 3.05) is 45.8 Å². The van der Waals surface area contributed by atoms with Crippen molar-refractivity contribution in [1.29, 1.82) is 0 Å². The average molecular weight is 531 g/mol. The predicted octanol–water partition coefficient (Wildman–Crippen LogP) is 4.66. The molecule has 2 amide bonds. The minimum atomic E-state index is -0.400. The zero-order valence-electron chi connectivity index (χ0n) is 21.9. The fourth-order valence-corrected chi connectivity index (χ4v) is 6.10. The van der Waals surface area contributed by atoms with Crippen LogP contribution in [0.3, 0.4) is 0 Å². The highest BCUT2D eigenvalue weighted by atomic mass is 19.1. The zero-order valence-corrected chi connectivity index (χ0v) is 21.9. The molecule has 39 heavy (non-hydrogen) atoms. The molecule has 202 valence electrons. The molecule has 1 spiro atoms. The van der Waals surface area contributed by atoms with E-state index in [1.807, 2.05) is 42.5 Å². The predicted molar refractivity (Wildman–Crippen MR) is 147 cm³/mol. The molecule has 1 aromatic heterocycles. The SMILES string of the molecule is COc1ccc(CN2CC3(CN(C(=O)Nc4cccc(F)c4)C3)c3c([nH]c4cc(OC)ccc34)[C@H]2CO)cc1. The second kappa shape index (κ2) is 9.91. The smallest absolute Gasteiger partial charge is 0.321 e. The van der Waals surface area contributed by atoms with Gasteiger partial charge in [0.1, 0.15) is 17.3 Å². The number of aliphatic hydroxyl groups excluding tert-OH is 1. The molecule has 1 saturated heterocycles. The van der Waals surface area contributed by atoms with E-state index in [1.165, 1.54) is 12.1 Å². The number of hydrogen-bond acceptors (Lipinski definition) is 5. The van der Waals surface area contributed by atoms with Crippen molar-refractivity contribution in [2.45, 2.75) is 18.0 Å². The zero-order chi connectivity index (χ0) is 27.1. The summed E-state index contributed by atoms with van der Waals surface area (Å²) in [6, 6.07) is 19.3. The third kappa shape index (κ3) is 4.47. The van der Waals surface area contributed by atoms with E-state index in [4.69, 9.17) is 9.47 Å². The van der Waals surface area contributed by atoms with Gasteiger partial charge in [0.15, 0.2) is 0 Å². The normalized spacial score (nSPS) is 18.1. The number of methoxy groups -OCH3 is 2. The highest BCUT2D eigenvalue weighted by Gasteiger charge is 2.54. The Morgan fingerprint density at radius 2 is 1.79 bits per heavy atom. The van der Waals surface area contributed by atoms with Crippen molar-refractivity contribution < 1.29 is 23.8 Å². The Bertz CT molecular complexity index is 1510. The number of hydrogen-bond donors (Lipinski definition) is 3. The van der Waals surface area contributed by atoms with Crippen molar-refractivity contribution in [3.63, 3.8) is 0 Å². The minimum Gasteiger partial charge on any atom is -0.497 e. The number of carbonyl (C=O) groups excluding carboxylic acids is 1. The van der Waals surface area contributed by atoms with Gasteiger partial charge in [0.25, 0.3) is 0 Å². The Labute approximate surface area is 225 Å². The van der Waals surface area contributed by atoms with Crippen LogP contribution < -0.4 is 14.8 Å². The lowest BCUT2D eigenvalue weighted by atomic mass is 9.68. The molecule has 3 N–H and O–H groups in total. The fraction of sp³-hybridized carbons (Fsp3) is 0.300. The van der Waals surface area contributed by atoms with Gasteiger partial charge in [-0.25, -0.2) is 9.18 Å². The number of amides is 2. The molecule has 2 aliphatic rings. The highest BCUT2D eigenvalue weighted by molar-refractivity contribution is 5.92. The van der Waals surface area contributed by atoms with Gasteiger partial charge < -0.3 is 29.8 Å². The monoisotopic (exact) mass is 530 g/mol. The number of likely N-dealkylation sites (tertiary alicyclic amines) is 1. The lowest BCUT2D eigenvalue weighted by Crippen LogP contribution is -2.68. The van der Waals surface area contributed by atoms with Crippen LogP contribution in [0.5, 0.6) is 11.5 Å². The summed E-state index contributed by atoms with van der Waals surface area (Å²) in [6.45, 7) is 2.24. The minimum absolute atomic E-state index is 0.0486. The molecule has 2 aliphatic heterocycles. The largest absolute Gasteiger partial charge is 0.497 e. The Morgan fingerprint density at radius 1 is 1.05 bits per heavy atom. The van der Waals surface area contributed by atoms with Gasteiger partial charge in [0.2, 0.25) is 0 Å². The lowest BCUT2D eigenvalue weighted by Gasteiger charge is -2.56. The molecule has 3 aromatic carbocycles. The molecule has 8 nitrogen and oxygen atoms in total. The number of urea groups is 1. The van der Waals surface area contributed by atoms with E-state index in [2.05, 4.69) is 15.2 Å². The quantitative estimate of drug-likeness (QED) is 0.338. The van der Waals surface area contributed by atoms with E-state index in [1.54, 1.807) is 31.3 Å². The number of nitrogens with one attached hydrogen (secondary N) is 2. The molecular formula is C30H31FN4O4. The summed E-state index contributed by atoms with van der Waals surface area (Å²) >= 11 is 0. The molecule has 0 bridgehead atoms. The van der Waals surface area contributed by atoms with Gasteiger partial charge >= 0.3 is 6.03 Å². The number of aromatic nitrogens is 1. The molecule has 1 fully saturated rings. The lowest BCUT2D eigenvalue weighted by molar-refractivity contribution is 0.0124. The number of aromatic amines is 1. The fourth-order valence-electron chi connectivity index (χ4n) is 6.10. The maximum Gasteiger partial charge on any atom is 0.321 e. The van der Waals surface area contributed by atoms with Crippen LogP contribution >= 0.6 is 0 Å². The summed E-state index contributed by atoms with van der Waals surface area (Å²) in [5.41, 5.74) is 4.23. The van der Waals surface area contributed by atoms with Gasteiger partial charge in [-0.05, 0) is 53.6 Å². The van der Waals surface area contributed by atoms with Crippen LogP contribution in [0, 0.1) is 5.82 Å². The Kier molecular flexibility index (Phi) is 6.40. The molecule has 4 aromatic rings. The van der Waals surface area contributed by atoms with E-state index >= 15 is 0 Å². The van der Waals surface area contributed by atoms with Crippen LogP contribution in [0.2, 0.25) is 0 Å². The van der Waals surface area contributed by atoms with Crippen LogP contribution in [0.1, 0.15) is 22.9 Å². The highest BCUT2D eigenvalue weighted by Crippen LogP contribution is 2.49. The van der Waals surface area contributed by atoms with E-state index < -0.39 is 5.82 Å². The van der Waals surface area contributed by atoms with Crippen LogP contribution in [0.25, 0.3) is 10.9 Å². The number of rotatable bonds is 6. The first-order chi connectivity index (χ1) is 18.9. The number of carbonyl (C=O) groups is 1. The number of nitrogens with zero attached hydrogens (tertiary/aromatic N) is 2. The van der Waals surface area contributed by atoms with Crippen molar-refractivity contribution in [2.24, 2.45) is 0 Å². The van der Waals surface area contributed by atoms with Crippen molar-refractivity contribution in [3.8, 4) is 11.5 Å². The van der Waals surface area contributed by atoms with Gasteiger partial charge in [0, 0.05) is 59.9 Å². The summed E-state index contributed by atoms with van der Waals surface area (Å²) in [6.07, 6.45) is 0. The third-order valence-corrected chi connectivity index (χ3v) is 7.91. The topological polar surface area (TPSA) is 90.1 Å². The van der Waals surface area contributed by atoms with E-state index in [9.17, 15) is 14.3 Å². The van der Waals surface area contributed by atoms with Crippen molar-refractivity contribution in [1.82, 2.24) is 14.8 Å². The van der Waals surface area contributed by atoms with Gasteiger partial charge in [-0.3, -0.25) is 4.90 Å². The molecule has 0 saturated carbocycles. The van der Waals surface area contributed by atoms with Gasteiger partial charge in [-0.1, -0.05) is 18.2 Å². The first kappa shape index (κ1) is 25.2. The van der Waals surface area contributed by atoms with Crippen LogP contribution in [0.4, 0.5) is 14.9 Å². The number of fused-ring (bicyclic) bond motifs is 4. The summed E-state index contributed by atoms with van der Waals surface area (Å²) in [5.74, 6) is 1.14. The standard InChI is InChI=1S/C30H31FN4O4/c1-38-22-8-6-19(7-9-22)14-34-16-30(17-35(18-30)29(37)32-21-5-3-4-20(31)12-21)27-24-11-10-23(39-2)13-25(24)33-28(27)26(34)15-36/h3-13,26,33,36H,14-18H2,1-2H3,(H,32,37)/t26-/m1/s1. The summed E-state index contributed by atoms with van der Waals surface area (Å²) in [4.78, 5) is 20.7. The maximum absolute atomic E-state index is 13.7. The molecule has 0 aliphatic carbocycles. The molecule has 0 radical (unpaired) electrons. The second-order valence-corrected chi connectivity index (χ2v) is 10.4.